The van der Waals surface area contributed by atoms with Crippen LogP contribution in [0, 0.1) is 6.92 Å². The second-order valence-electron chi connectivity index (χ2n) is 12.3. The van der Waals surface area contributed by atoms with E-state index in [2.05, 4.69) is 27.8 Å². The van der Waals surface area contributed by atoms with Gasteiger partial charge in [-0.15, -0.1) is 4.99 Å². The van der Waals surface area contributed by atoms with Gasteiger partial charge in [0.05, 0.1) is 21.3 Å². The molecule has 50 heavy (non-hydrogen) atoms. The molecule has 11 nitrogen and oxygen atoms in total. The fraction of sp³-hybridized carbons (Fsp3) is 0.231. The van der Waals surface area contributed by atoms with Crippen LogP contribution in [0.4, 0.5) is 16.2 Å². The number of methoxy groups -OCH3 is 3. The number of guanidine groups is 1. The molecular weight excluding hydrogens is 636 g/mol. The Morgan fingerprint density at radius 2 is 1.46 bits per heavy atom. The maximum atomic E-state index is 13.6. The lowest BCUT2D eigenvalue weighted by molar-refractivity contribution is 0.0974. The van der Waals surface area contributed by atoms with E-state index in [-0.39, 0.29) is 28.9 Å². The SMILES string of the molecule is COc1cc(C(=O)NC(=NC(=O)O)N(c2ccc(C)c(NC(=O)c3ccc(CC=Cc4ccccc4)cc3)c2)C(C)(C)C)cc(OC)c1OC. The summed E-state index contributed by atoms with van der Waals surface area (Å²) in [4.78, 5) is 44.2. The Morgan fingerprint density at radius 3 is 2.02 bits per heavy atom. The molecule has 0 aromatic heterocycles. The van der Waals surface area contributed by atoms with Gasteiger partial charge in [-0.2, -0.15) is 0 Å². The summed E-state index contributed by atoms with van der Waals surface area (Å²) < 4.78 is 16.1. The lowest BCUT2D eigenvalue weighted by atomic mass is 10.0. The third kappa shape index (κ3) is 9.28. The lowest BCUT2D eigenvalue weighted by Crippen LogP contribution is -2.53. The highest BCUT2D eigenvalue weighted by Crippen LogP contribution is 2.38. The minimum atomic E-state index is -1.51. The van der Waals surface area contributed by atoms with E-state index >= 15 is 0 Å². The van der Waals surface area contributed by atoms with Crippen LogP contribution >= 0.6 is 0 Å². The molecule has 11 heteroatoms. The smallest absolute Gasteiger partial charge is 0.434 e. The van der Waals surface area contributed by atoms with Crippen molar-refractivity contribution in [2.75, 3.05) is 31.5 Å². The highest BCUT2D eigenvalue weighted by molar-refractivity contribution is 6.14. The Hall–Kier alpha value is -6.10. The monoisotopic (exact) mass is 678 g/mol. The van der Waals surface area contributed by atoms with Crippen LogP contribution in [0.1, 0.15) is 58.2 Å². The third-order valence-corrected chi connectivity index (χ3v) is 7.64. The van der Waals surface area contributed by atoms with E-state index in [9.17, 15) is 19.5 Å². The molecule has 0 heterocycles. The predicted octanol–water partition coefficient (Wildman–Crippen LogP) is 7.60. The van der Waals surface area contributed by atoms with Gasteiger partial charge in [0.25, 0.3) is 11.8 Å². The molecule has 0 aliphatic carbocycles. The van der Waals surface area contributed by atoms with Crippen molar-refractivity contribution in [1.82, 2.24) is 5.32 Å². The van der Waals surface area contributed by atoms with Crippen LogP contribution < -0.4 is 29.7 Å². The molecule has 0 bridgehead atoms. The largest absolute Gasteiger partial charge is 0.493 e. The molecule has 4 aromatic carbocycles. The first-order chi connectivity index (χ1) is 23.8. The van der Waals surface area contributed by atoms with E-state index in [1.807, 2.05) is 70.2 Å². The molecule has 4 rings (SSSR count). The highest BCUT2D eigenvalue weighted by Gasteiger charge is 2.30. The number of aryl methyl sites for hydroxylation is 1. The molecule has 4 aromatic rings. The average molecular weight is 679 g/mol. The van der Waals surface area contributed by atoms with Gasteiger partial charge in [0.15, 0.2) is 11.5 Å². The van der Waals surface area contributed by atoms with Gasteiger partial charge in [-0.05, 0) is 87.2 Å². The van der Waals surface area contributed by atoms with Crippen LogP contribution in [0.25, 0.3) is 6.08 Å². The Bertz CT molecular complexity index is 1870. The van der Waals surface area contributed by atoms with E-state index in [1.165, 1.54) is 33.5 Å². The summed E-state index contributed by atoms with van der Waals surface area (Å²) in [6, 6.07) is 25.6. The van der Waals surface area contributed by atoms with Crippen molar-refractivity contribution < 1.29 is 33.7 Å². The van der Waals surface area contributed by atoms with Crippen molar-refractivity contribution in [3.63, 3.8) is 0 Å². The maximum Gasteiger partial charge on any atom is 0.434 e. The minimum absolute atomic E-state index is 0.113. The molecule has 0 atom stereocenters. The summed E-state index contributed by atoms with van der Waals surface area (Å²) in [5, 5.41) is 15.4. The zero-order valence-electron chi connectivity index (χ0n) is 29.2. The number of nitrogens with one attached hydrogen (secondary N) is 2. The summed E-state index contributed by atoms with van der Waals surface area (Å²) in [6.45, 7) is 7.36. The molecular formula is C39H42N4O7. The summed E-state index contributed by atoms with van der Waals surface area (Å²) in [6.07, 6.45) is 3.34. The summed E-state index contributed by atoms with van der Waals surface area (Å²) in [5.41, 5.74) is 3.73. The van der Waals surface area contributed by atoms with Crippen LogP contribution in [0.2, 0.25) is 0 Å². The molecule has 0 aliphatic heterocycles. The second kappa shape index (κ2) is 16.3. The fourth-order valence-electron chi connectivity index (χ4n) is 5.20. The van der Waals surface area contributed by atoms with Gasteiger partial charge in [-0.3, -0.25) is 14.9 Å². The van der Waals surface area contributed by atoms with Crippen molar-refractivity contribution in [3.8, 4) is 17.2 Å². The predicted molar refractivity (Wildman–Crippen MR) is 196 cm³/mol. The van der Waals surface area contributed by atoms with Gasteiger partial charge in [0.1, 0.15) is 0 Å². The Kier molecular flexibility index (Phi) is 12.0. The van der Waals surface area contributed by atoms with E-state index in [4.69, 9.17) is 14.2 Å². The quantitative estimate of drug-likeness (QED) is 0.115. The normalized spacial score (nSPS) is 11.5. The Labute approximate surface area is 292 Å². The van der Waals surface area contributed by atoms with Crippen LogP contribution in [0.15, 0.2) is 96.0 Å². The maximum absolute atomic E-state index is 13.6. The molecule has 0 saturated heterocycles. The number of allylic oxidation sites excluding steroid dienone is 1. The van der Waals surface area contributed by atoms with E-state index in [0.29, 0.717) is 22.7 Å². The number of rotatable bonds is 10. The number of carbonyl (C=O) groups excluding carboxylic acids is 2. The second-order valence-corrected chi connectivity index (χ2v) is 12.3. The number of anilines is 2. The summed E-state index contributed by atoms with van der Waals surface area (Å²) in [7, 11) is 4.29. The van der Waals surface area contributed by atoms with Gasteiger partial charge in [-0.25, -0.2) is 4.79 Å². The molecule has 260 valence electrons. The van der Waals surface area contributed by atoms with Gasteiger partial charge in [-0.1, -0.05) is 60.7 Å². The zero-order valence-corrected chi connectivity index (χ0v) is 29.2. The van der Waals surface area contributed by atoms with Crippen molar-refractivity contribution in [2.24, 2.45) is 4.99 Å². The van der Waals surface area contributed by atoms with Gasteiger partial charge < -0.3 is 29.5 Å². The number of carboxylic acid groups (broad SMARTS) is 1. The number of nitrogens with zero attached hydrogens (tertiary/aromatic N) is 2. The molecule has 0 unspecified atom stereocenters. The first kappa shape index (κ1) is 36.7. The molecule has 0 saturated carbocycles. The number of hydrogen-bond acceptors (Lipinski definition) is 6. The van der Waals surface area contributed by atoms with Crippen molar-refractivity contribution >= 4 is 41.3 Å². The van der Waals surface area contributed by atoms with Crippen molar-refractivity contribution in [1.29, 1.82) is 0 Å². The number of amides is 3. The van der Waals surface area contributed by atoms with E-state index in [0.717, 1.165) is 23.1 Å². The molecule has 3 amide bonds. The molecule has 0 spiro atoms. The molecule has 0 radical (unpaired) electrons. The standard InChI is InChI=1S/C39H42N4O7/c1-25-16-21-30(24-31(25)40-35(44)28-19-17-27(18-20-28)15-11-14-26-12-9-8-10-13-26)43(39(2,3)4)37(42-38(46)47)41-36(45)29-22-32(48-5)34(50-7)33(23-29)49-6/h8-14,16-24H,15H2,1-7H3,(H,40,44)(H,46,47)(H,41,42,45). The Balaban J connectivity index is 1.59. The van der Waals surface area contributed by atoms with Crippen LogP contribution in [0.3, 0.4) is 0 Å². The van der Waals surface area contributed by atoms with Crippen LogP contribution in [-0.4, -0.2) is 55.8 Å². The molecule has 0 aliphatic rings. The highest BCUT2D eigenvalue weighted by atomic mass is 16.5. The number of benzene rings is 4. The van der Waals surface area contributed by atoms with Gasteiger partial charge in [0.2, 0.25) is 11.7 Å². The van der Waals surface area contributed by atoms with Crippen molar-refractivity contribution in [2.45, 2.75) is 39.7 Å². The van der Waals surface area contributed by atoms with Gasteiger partial charge >= 0.3 is 6.09 Å². The average Bonchev–Trinajstić information content (AvgIpc) is 3.08. The van der Waals surface area contributed by atoms with E-state index < -0.39 is 17.5 Å². The minimum Gasteiger partial charge on any atom is -0.493 e. The summed E-state index contributed by atoms with van der Waals surface area (Å²) >= 11 is 0. The molecule has 0 fully saturated rings. The Morgan fingerprint density at radius 1 is 0.820 bits per heavy atom. The number of ether oxygens (including phenoxy) is 3. The number of carbonyl (C=O) groups is 3. The zero-order chi connectivity index (χ0) is 36.4. The topological polar surface area (TPSA) is 139 Å². The van der Waals surface area contributed by atoms with Gasteiger partial charge in [0, 0.05) is 28.0 Å². The third-order valence-electron chi connectivity index (χ3n) is 7.64. The first-order valence-corrected chi connectivity index (χ1v) is 15.8. The number of aliphatic imine (C=N–C) groups is 1. The number of hydrogen-bond donors (Lipinski definition) is 3. The fourth-order valence-corrected chi connectivity index (χ4v) is 5.20. The first-order valence-electron chi connectivity index (χ1n) is 15.8. The molecule has 3 N–H and O–H groups in total. The lowest BCUT2D eigenvalue weighted by Gasteiger charge is -2.38. The summed E-state index contributed by atoms with van der Waals surface area (Å²) in [5.74, 6) is -0.442. The van der Waals surface area contributed by atoms with E-state index in [1.54, 1.807) is 35.2 Å². The van der Waals surface area contributed by atoms with Crippen molar-refractivity contribution in [3.05, 3.63) is 119 Å². The van der Waals surface area contributed by atoms with Crippen LogP contribution in [-0.2, 0) is 6.42 Å². The van der Waals surface area contributed by atoms with Crippen LogP contribution in [0.5, 0.6) is 17.2 Å².